The van der Waals surface area contributed by atoms with Gasteiger partial charge >= 0.3 is 0 Å². The number of hydrogen-bond acceptors (Lipinski definition) is 5. The second-order valence-electron chi connectivity index (χ2n) is 7.60. The molecule has 0 aliphatic carbocycles. The standard InChI is InChI=1S/C20H24ClF3N4O2S/c1-4-28(12(2)3)13-8-9-27(11-13)15-10-14(22)20(19(24)18(15)21)31(29,30)26-17-7-5-6-16(23)25-17/h5-7,10,12-13H,4,8-9,11H2,1-3H3,(H,25,26)/t13-/m1/s1. The minimum Gasteiger partial charge on any atom is -0.369 e. The Hall–Kier alpha value is -2.04. The predicted molar refractivity (Wildman–Crippen MR) is 115 cm³/mol. The molecular formula is C20H24ClF3N4O2S. The average molecular weight is 477 g/mol. The van der Waals surface area contributed by atoms with Crippen LogP contribution >= 0.6 is 11.6 Å². The van der Waals surface area contributed by atoms with Gasteiger partial charge in [-0.1, -0.05) is 24.6 Å². The Morgan fingerprint density at radius 3 is 2.65 bits per heavy atom. The van der Waals surface area contributed by atoms with E-state index in [0.717, 1.165) is 31.2 Å². The average Bonchev–Trinajstić information content (AvgIpc) is 3.13. The van der Waals surface area contributed by atoms with Crippen LogP contribution in [0.25, 0.3) is 0 Å². The number of halogens is 4. The fourth-order valence-corrected chi connectivity index (χ4v) is 5.44. The van der Waals surface area contributed by atoms with E-state index in [4.69, 9.17) is 11.6 Å². The summed E-state index contributed by atoms with van der Waals surface area (Å²) in [6.45, 7) is 8.10. The van der Waals surface area contributed by atoms with Gasteiger partial charge in [0.1, 0.15) is 16.7 Å². The van der Waals surface area contributed by atoms with Crippen molar-refractivity contribution in [2.24, 2.45) is 0 Å². The van der Waals surface area contributed by atoms with Gasteiger partial charge in [-0.15, -0.1) is 0 Å². The molecule has 1 atom stereocenters. The van der Waals surface area contributed by atoms with E-state index in [9.17, 15) is 21.6 Å². The SMILES string of the molecule is CCN(C(C)C)[C@@H]1CCN(c2cc(F)c(S(=O)(=O)Nc3cccc(F)n3)c(F)c2Cl)C1. The van der Waals surface area contributed by atoms with Crippen molar-refractivity contribution in [3.8, 4) is 0 Å². The van der Waals surface area contributed by atoms with Crippen LogP contribution in [-0.2, 0) is 10.0 Å². The Balaban J connectivity index is 1.91. The highest BCUT2D eigenvalue weighted by molar-refractivity contribution is 7.92. The molecule has 0 unspecified atom stereocenters. The molecule has 2 heterocycles. The van der Waals surface area contributed by atoms with E-state index in [1.165, 1.54) is 6.07 Å². The summed E-state index contributed by atoms with van der Waals surface area (Å²) >= 11 is 6.14. The van der Waals surface area contributed by atoms with Gasteiger partial charge in [-0.05, 0) is 38.9 Å². The van der Waals surface area contributed by atoms with Crippen LogP contribution in [0, 0.1) is 17.6 Å². The van der Waals surface area contributed by atoms with Gasteiger partial charge < -0.3 is 4.90 Å². The first-order valence-corrected chi connectivity index (χ1v) is 11.7. The van der Waals surface area contributed by atoms with Gasteiger partial charge in [0.2, 0.25) is 5.95 Å². The quantitative estimate of drug-likeness (QED) is 0.478. The lowest BCUT2D eigenvalue weighted by atomic mass is 10.2. The first-order valence-electron chi connectivity index (χ1n) is 9.88. The van der Waals surface area contributed by atoms with Crippen molar-refractivity contribution in [3.05, 3.63) is 46.9 Å². The Bertz CT molecular complexity index is 1070. The van der Waals surface area contributed by atoms with Crippen LogP contribution in [-0.4, -0.2) is 50.0 Å². The van der Waals surface area contributed by atoms with E-state index in [0.29, 0.717) is 19.1 Å². The van der Waals surface area contributed by atoms with Crippen LogP contribution in [0.2, 0.25) is 5.02 Å². The predicted octanol–water partition coefficient (Wildman–Crippen LogP) is 4.26. The van der Waals surface area contributed by atoms with Gasteiger partial charge in [0.05, 0.1) is 5.69 Å². The highest BCUT2D eigenvalue weighted by Crippen LogP contribution is 2.37. The molecule has 3 rings (SSSR count). The van der Waals surface area contributed by atoms with Crippen molar-refractivity contribution in [2.45, 2.75) is 44.2 Å². The highest BCUT2D eigenvalue weighted by Gasteiger charge is 2.33. The first-order chi connectivity index (χ1) is 14.5. The van der Waals surface area contributed by atoms with Gasteiger partial charge in [-0.2, -0.15) is 4.39 Å². The fraction of sp³-hybridized carbons (Fsp3) is 0.450. The number of pyridine rings is 1. The molecule has 0 saturated carbocycles. The Morgan fingerprint density at radius 1 is 1.32 bits per heavy atom. The van der Waals surface area contributed by atoms with Crippen molar-refractivity contribution in [3.63, 3.8) is 0 Å². The maximum Gasteiger partial charge on any atom is 0.268 e. The molecule has 0 amide bonds. The molecule has 0 radical (unpaired) electrons. The second-order valence-corrected chi connectivity index (χ2v) is 9.60. The molecule has 1 aromatic heterocycles. The Morgan fingerprint density at radius 2 is 2.03 bits per heavy atom. The van der Waals surface area contributed by atoms with E-state index in [-0.39, 0.29) is 11.7 Å². The summed E-state index contributed by atoms with van der Waals surface area (Å²) < 4.78 is 70.0. The second kappa shape index (κ2) is 9.22. The lowest BCUT2D eigenvalue weighted by Gasteiger charge is -2.31. The molecule has 11 heteroatoms. The number of nitrogens with one attached hydrogen (secondary N) is 1. The number of hydrogen-bond donors (Lipinski definition) is 1. The van der Waals surface area contributed by atoms with Gasteiger partial charge in [0.25, 0.3) is 10.0 Å². The number of nitrogens with zero attached hydrogens (tertiary/aromatic N) is 3. The molecule has 1 aromatic carbocycles. The zero-order valence-corrected chi connectivity index (χ0v) is 18.9. The smallest absolute Gasteiger partial charge is 0.268 e. The van der Waals surface area contributed by atoms with Crippen molar-refractivity contribution < 1.29 is 21.6 Å². The van der Waals surface area contributed by atoms with Crippen molar-refractivity contribution >= 4 is 33.1 Å². The molecule has 2 aromatic rings. The van der Waals surface area contributed by atoms with E-state index in [1.54, 1.807) is 4.90 Å². The largest absolute Gasteiger partial charge is 0.369 e. The minimum atomic E-state index is -4.73. The minimum absolute atomic E-state index is 0.0989. The van der Waals surface area contributed by atoms with Crippen LogP contribution in [0.4, 0.5) is 24.7 Å². The molecule has 6 nitrogen and oxygen atoms in total. The summed E-state index contributed by atoms with van der Waals surface area (Å²) in [5, 5.41) is -0.484. The third-order valence-corrected chi connectivity index (χ3v) is 7.07. The number of benzene rings is 1. The maximum atomic E-state index is 15.0. The zero-order chi connectivity index (χ0) is 22.9. The Kier molecular flexibility index (Phi) is 7.02. The monoisotopic (exact) mass is 476 g/mol. The van der Waals surface area contributed by atoms with Crippen molar-refractivity contribution in [1.29, 1.82) is 0 Å². The van der Waals surface area contributed by atoms with E-state index >= 15 is 0 Å². The lowest BCUT2D eigenvalue weighted by Crippen LogP contribution is -2.42. The molecule has 0 spiro atoms. The molecule has 1 fully saturated rings. The summed E-state index contributed by atoms with van der Waals surface area (Å²) in [5.41, 5.74) is 0.0989. The molecular weight excluding hydrogens is 453 g/mol. The number of rotatable bonds is 7. The lowest BCUT2D eigenvalue weighted by molar-refractivity contribution is 0.174. The fourth-order valence-electron chi connectivity index (χ4n) is 3.97. The first kappa shape index (κ1) is 23.6. The molecule has 0 bridgehead atoms. The van der Waals surface area contributed by atoms with Crippen LogP contribution < -0.4 is 9.62 Å². The van der Waals surface area contributed by atoms with Gasteiger partial charge in [-0.25, -0.2) is 22.2 Å². The highest BCUT2D eigenvalue weighted by atomic mass is 35.5. The van der Waals surface area contributed by atoms with Gasteiger partial charge in [-0.3, -0.25) is 9.62 Å². The molecule has 31 heavy (non-hydrogen) atoms. The van der Waals surface area contributed by atoms with Gasteiger partial charge in [0, 0.05) is 31.2 Å². The van der Waals surface area contributed by atoms with Crippen molar-refractivity contribution in [1.82, 2.24) is 9.88 Å². The normalized spacial score (nSPS) is 17.1. The van der Waals surface area contributed by atoms with Crippen LogP contribution in [0.15, 0.2) is 29.2 Å². The van der Waals surface area contributed by atoms with E-state index < -0.39 is 43.3 Å². The Labute approximate surface area is 185 Å². The number of anilines is 2. The zero-order valence-electron chi connectivity index (χ0n) is 17.4. The third-order valence-electron chi connectivity index (χ3n) is 5.32. The molecule has 1 saturated heterocycles. The summed E-state index contributed by atoms with van der Waals surface area (Å²) in [6.07, 6.45) is 0.790. The van der Waals surface area contributed by atoms with Crippen LogP contribution in [0.1, 0.15) is 27.2 Å². The molecule has 1 N–H and O–H groups in total. The molecule has 1 aliphatic rings. The number of likely N-dealkylation sites (N-methyl/N-ethyl adjacent to an activating group) is 1. The summed E-state index contributed by atoms with van der Waals surface area (Å²) in [7, 11) is -4.73. The van der Waals surface area contributed by atoms with Crippen LogP contribution in [0.5, 0.6) is 0 Å². The van der Waals surface area contributed by atoms with Crippen molar-refractivity contribution in [2.75, 3.05) is 29.3 Å². The molecule has 170 valence electrons. The van der Waals surface area contributed by atoms with E-state index in [1.807, 2.05) is 4.72 Å². The number of aromatic nitrogens is 1. The van der Waals surface area contributed by atoms with Crippen LogP contribution in [0.3, 0.4) is 0 Å². The summed E-state index contributed by atoms with van der Waals surface area (Å²) in [4.78, 5) is 6.15. The molecule has 1 aliphatic heterocycles. The van der Waals surface area contributed by atoms with E-state index in [2.05, 4.69) is 30.7 Å². The topological polar surface area (TPSA) is 65.5 Å². The number of sulfonamides is 1. The third kappa shape index (κ3) is 4.91. The maximum absolute atomic E-state index is 15.0. The summed E-state index contributed by atoms with van der Waals surface area (Å²) in [5.74, 6) is -4.05. The summed E-state index contributed by atoms with van der Waals surface area (Å²) in [6, 6.07) is 4.80. The van der Waals surface area contributed by atoms with Gasteiger partial charge in [0.15, 0.2) is 10.7 Å².